The van der Waals surface area contributed by atoms with E-state index in [2.05, 4.69) is 53.5 Å². The van der Waals surface area contributed by atoms with Gasteiger partial charge in [-0.05, 0) is 60.7 Å². The summed E-state index contributed by atoms with van der Waals surface area (Å²) in [7, 11) is 0. The third-order valence-electron chi connectivity index (χ3n) is 4.49. The molecule has 0 saturated carbocycles. The van der Waals surface area contributed by atoms with Crippen LogP contribution in [0.4, 0.5) is 17.1 Å². The maximum atomic E-state index is 5.70. The molecule has 1 aliphatic heterocycles. The van der Waals surface area contributed by atoms with E-state index in [1.165, 1.54) is 37.2 Å². The van der Waals surface area contributed by atoms with Crippen molar-refractivity contribution in [2.45, 2.75) is 26.3 Å². The summed E-state index contributed by atoms with van der Waals surface area (Å²) in [5, 5.41) is 3.46. The zero-order valence-electron chi connectivity index (χ0n) is 13.3. The summed E-state index contributed by atoms with van der Waals surface area (Å²) in [6.07, 6.45) is 2.61. The number of anilines is 3. The molecule has 116 valence electrons. The van der Waals surface area contributed by atoms with Crippen LogP contribution in [0, 0.1) is 5.92 Å². The molecular formula is C19H25N3. The Morgan fingerprint density at radius 2 is 1.64 bits per heavy atom. The van der Waals surface area contributed by atoms with Crippen LogP contribution in [0.5, 0.6) is 0 Å². The van der Waals surface area contributed by atoms with E-state index in [0.29, 0.717) is 0 Å². The van der Waals surface area contributed by atoms with Crippen molar-refractivity contribution in [3.8, 4) is 0 Å². The highest BCUT2D eigenvalue weighted by Crippen LogP contribution is 2.24. The Balaban J connectivity index is 1.56. The van der Waals surface area contributed by atoms with Crippen molar-refractivity contribution in [2.24, 2.45) is 5.92 Å². The van der Waals surface area contributed by atoms with Gasteiger partial charge in [0.15, 0.2) is 0 Å². The first-order chi connectivity index (χ1) is 10.7. The predicted octanol–water partition coefficient (Wildman–Crippen LogP) is 4.12. The van der Waals surface area contributed by atoms with Crippen LogP contribution in [0.15, 0.2) is 48.5 Å². The second-order valence-electron chi connectivity index (χ2n) is 6.31. The molecule has 22 heavy (non-hydrogen) atoms. The van der Waals surface area contributed by atoms with Gasteiger partial charge in [-0.3, -0.25) is 0 Å². The van der Waals surface area contributed by atoms with E-state index < -0.39 is 0 Å². The molecule has 1 saturated heterocycles. The number of hydrogen-bond donors (Lipinski definition) is 2. The van der Waals surface area contributed by atoms with Crippen LogP contribution < -0.4 is 16.0 Å². The summed E-state index contributed by atoms with van der Waals surface area (Å²) in [6, 6.07) is 16.8. The van der Waals surface area contributed by atoms with Crippen LogP contribution in [0.1, 0.15) is 25.3 Å². The van der Waals surface area contributed by atoms with Gasteiger partial charge in [0.2, 0.25) is 0 Å². The van der Waals surface area contributed by atoms with E-state index in [4.69, 9.17) is 5.73 Å². The zero-order chi connectivity index (χ0) is 15.4. The first-order valence-corrected chi connectivity index (χ1v) is 8.14. The van der Waals surface area contributed by atoms with Gasteiger partial charge in [0.25, 0.3) is 0 Å². The highest BCUT2D eigenvalue weighted by atomic mass is 15.1. The molecule has 0 aromatic heterocycles. The molecule has 2 aromatic carbocycles. The van der Waals surface area contributed by atoms with E-state index in [-0.39, 0.29) is 0 Å². The molecular weight excluding hydrogens is 270 g/mol. The number of nitrogens with zero attached hydrogens (tertiary/aromatic N) is 1. The van der Waals surface area contributed by atoms with Gasteiger partial charge >= 0.3 is 0 Å². The van der Waals surface area contributed by atoms with E-state index >= 15 is 0 Å². The maximum absolute atomic E-state index is 5.70. The number of hydrogen-bond acceptors (Lipinski definition) is 3. The number of nitrogens with two attached hydrogens (primary N) is 1. The van der Waals surface area contributed by atoms with Crippen molar-refractivity contribution in [2.75, 3.05) is 29.0 Å². The van der Waals surface area contributed by atoms with Gasteiger partial charge in [0, 0.05) is 36.7 Å². The maximum Gasteiger partial charge on any atom is 0.0400 e. The molecule has 1 aliphatic rings. The summed E-state index contributed by atoms with van der Waals surface area (Å²) in [6.45, 7) is 5.53. The lowest BCUT2D eigenvalue weighted by Gasteiger charge is -2.32. The molecule has 0 spiro atoms. The molecule has 2 aromatic rings. The molecule has 0 aliphatic carbocycles. The molecule has 0 bridgehead atoms. The van der Waals surface area contributed by atoms with Crippen LogP contribution in [0.25, 0.3) is 0 Å². The van der Waals surface area contributed by atoms with E-state index in [0.717, 1.165) is 23.8 Å². The molecule has 3 heteroatoms. The average molecular weight is 295 g/mol. The van der Waals surface area contributed by atoms with Gasteiger partial charge in [-0.15, -0.1) is 0 Å². The van der Waals surface area contributed by atoms with E-state index in [1.54, 1.807) is 0 Å². The minimum absolute atomic E-state index is 0.809. The van der Waals surface area contributed by atoms with Crippen molar-refractivity contribution in [1.29, 1.82) is 0 Å². The van der Waals surface area contributed by atoms with Crippen molar-refractivity contribution >= 4 is 17.1 Å². The highest BCUT2D eigenvalue weighted by Gasteiger charge is 2.15. The topological polar surface area (TPSA) is 41.3 Å². The van der Waals surface area contributed by atoms with Gasteiger partial charge < -0.3 is 16.0 Å². The van der Waals surface area contributed by atoms with Crippen molar-refractivity contribution in [3.05, 3.63) is 54.1 Å². The van der Waals surface area contributed by atoms with Gasteiger partial charge in [0.05, 0.1) is 0 Å². The monoisotopic (exact) mass is 295 g/mol. The molecule has 0 radical (unpaired) electrons. The number of benzene rings is 2. The summed E-state index contributed by atoms with van der Waals surface area (Å²) in [5.41, 5.74) is 10.2. The van der Waals surface area contributed by atoms with Crippen LogP contribution >= 0.6 is 0 Å². The molecule has 0 unspecified atom stereocenters. The first kappa shape index (κ1) is 14.8. The summed E-state index contributed by atoms with van der Waals surface area (Å²) in [4.78, 5) is 2.49. The first-order valence-electron chi connectivity index (χ1n) is 8.14. The second-order valence-corrected chi connectivity index (χ2v) is 6.31. The van der Waals surface area contributed by atoms with Crippen LogP contribution in [-0.4, -0.2) is 13.1 Å². The molecule has 3 N–H and O–H groups in total. The Morgan fingerprint density at radius 3 is 2.27 bits per heavy atom. The minimum atomic E-state index is 0.809. The SMILES string of the molecule is CC1CCN(c2ccc(NCc3ccc(N)cc3)cc2)CC1. The Labute approximate surface area is 133 Å². The summed E-state index contributed by atoms with van der Waals surface area (Å²) < 4.78 is 0. The molecule has 1 fully saturated rings. The normalized spacial score (nSPS) is 15.8. The van der Waals surface area contributed by atoms with Crippen molar-refractivity contribution in [3.63, 3.8) is 0 Å². The van der Waals surface area contributed by atoms with Gasteiger partial charge in [-0.25, -0.2) is 0 Å². The third kappa shape index (κ3) is 3.73. The molecule has 3 nitrogen and oxygen atoms in total. The average Bonchev–Trinajstić information content (AvgIpc) is 2.56. The van der Waals surface area contributed by atoms with Crippen molar-refractivity contribution in [1.82, 2.24) is 0 Å². The Bertz CT molecular complexity index is 581. The highest BCUT2D eigenvalue weighted by molar-refractivity contribution is 5.55. The molecule has 1 heterocycles. The smallest absolute Gasteiger partial charge is 0.0400 e. The Morgan fingerprint density at radius 1 is 1.00 bits per heavy atom. The Hall–Kier alpha value is -2.16. The van der Waals surface area contributed by atoms with Gasteiger partial charge in [-0.2, -0.15) is 0 Å². The third-order valence-corrected chi connectivity index (χ3v) is 4.49. The second kappa shape index (κ2) is 6.73. The quantitative estimate of drug-likeness (QED) is 0.834. The van der Waals surface area contributed by atoms with E-state index in [1.807, 2.05) is 12.1 Å². The van der Waals surface area contributed by atoms with Gasteiger partial charge in [0.1, 0.15) is 0 Å². The minimum Gasteiger partial charge on any atom is -0.399 e. The van der Waals surface area contributed by atoms with Crippen LogP contribution in [0.2, 0.25) is 0 Å². The molecule has 3 rings (SSSR count). The van der Waals surface area contributed by atoms with Crippen molar-refractivity contribution < 1.29 is 0 Å². The number of nitrogens with one attached hydrogen (secondary N) is 1. The van der Waals surface area contributed by atoms with Gasteiger partial charge in [-0.1, -0.05) is 19.1 Å². The fourth-order valence-electron chi connectivity index (χ4n) is 2.90. The summed E-state index contributed by atoms with van der Waals surface area (Å²) in [5.74, 6) is 0.872. The fourth-order valence-corrected chi connectivity index (χ4v) is 2.90. The lowest BCUT2D eigenvalue weighted by molar-refractivity contribution is 0.438. The fraction of sp³-hybridized carbons (Fsp3) is 0.368. The summed E-state index contributed by atoms with van der Waals surface area (Å²) >= 11 is 0. The zero-order valence-corrected chi connectivity index (χ0v) is 13.3. The van der Waals surface area contributed by atoms with E-state index in [9.17, 15) is 0 Å². The number of piperidine rings is 1. The lowest BCUT2D eigenvalue weighted by Crippen LogP contribution is -2.32. The Kier molecular flexibility index (Phi) is 4.52. The van der Waals surface area contributed by atoms with Crippen LogP contribution in [0.3, 0.4) is 0 Å². The number of rotatable bonds is 4. The standard InChI is InChI=1S/C19H25N3/c1-15-10-12-22(13-11-15)19-8-6-18(7-9-19)21-14-16-2-4-17(20)5-3-16/h2-9,15,21H,10-14,20H2,1H3. The largest absolute Gasteiger partial charge is 0.399 e. The van der Waals surface area contributed by atoms with Crippen LogP contribution in [-0.2, 0) is 6.54 Å². The predicted molar refractivity (Wildman–Crippen MR) is 95.2 cm³/mol. The molecule has 0 atom stereocenters. The lowest BCUT2D eigenvalue weighted by atomic mass is 9.99. The number of nitrogen functional groups attached to an aromatic ring is 1. The molecule has 0 amide bonds.